The molecule has 2 aromatic carbocycles. The Hall–Kier alpha value is -2.99. The molecular formula is C20H20N2O4. The van der Waals surface area contributed by atoms with E-state index in [1.54, 1.807) is 13.2 Å². The van der Waals surface area contributed by atoms with Crippen LogP contribution in [0.5, 0.6) is 0 Å². The zero-order valence-corrected chi connectivity index (χ0v) is 15.0. The van der Waals surface area contributed by atoms with Crippen molar-refractivity contribution in [2.24, 2.45) is 0 Å². The maximum atomic E-state index is 12.9. The first-order valence-electron chi connectivity index (χ1n) is 8.31. The van der Waals surface area contributed by atoms with Crippen LogP contribution in [0, 0.1) is 13.8 Å². The Labute approximate surface area is 151 Å². The fourth-order valence-electron chi connectivity index (χ4n) is 2.93. The molecule has 0 spiro atoms. The highest BCUT2D eigenvalue weighted by molar-refractivity contribution is 6.35. The number of rotatable bonds is 5. The Bertz CT molecular complexity index is 905. The van der Waals surface area contributed by atoms with Crippen LogP contribution in [0.4, 0.5) is 5.69 Å². The molecule has 0 saturated heterocycles. The van der Waals surface area contributed by atoms with Crippen LogP contribution in [-0.4, -0.2) is 38.0 Å². The number of nitrogens with zero attached hydrogens (tertiary/aromatic N) is 1. The summed E-state index contributed by atoms with van der Waals surface area (Å²) < 4.78 is 4.90. The Kier molecular flexibility index (Phi) is 4.86. The second-order valence-electron chi connectivity index (χ2n) is 6.24. The lowest BCUT2D eigenvalue weighted by Crippen LogP contribution is -2.30. The van der Waals surface area contributed by atoms with Gasteiger partial charge in [0.1, 0.15) is 0 Å². The molecule has 1 N–H and O–H groups in total. The highest BCUT2D eigenvalue weighted by atomic mass is 16.5. The van der Waals surface area contributed by atoms with Crippen LogP contribution in [0.2, 0.25) is 0 Å². The summed E-state index contributed by atoms with van der Waals surface area (Å²) in [7, 11) is 1.55. The average molecular weight is 352 g/mol. The van der Waals surface area contributed by atoms with E-state index in [0.717, 1.165) is 11.1 Å². The summed E-state index contributed by atoms with van der Waals surface area (Å²) >= 11 is 0. The topological polar surface area (TPSA) is 75.7 Å². The van der Waals surface area contributed by atoms with E-state index in [4.69, 9.17) is 4.74 Å². The maximum absolute atomic E-state index is 12.9. The summed E-state index contributed by atoms with van der Waals surface area (Å²) in [4.78, 5) is 39.0. The number of methoxy groups -OCH3 is 1. The summed E-state index contributed by atoms with van der Waals surface area (Å²) in [5.74, 6) is -1.09. The summed E-state index contributed by atoms with van der Waals surface area (Å²) in [6.45, 7) is 4.53. The fraction of sp³-hybridized carbons (Fsp3) is 0.250. The lowest BCUT2D eigenvalue weighted by atomic mass is 10.1. The molecular weight excluding hydrogens is 332 g/mol. The van der Waals surface area contributed by atoms with Gasteiger partial charge in [-0.1, -0.05) is 12.1 Å². The molecule has 0 saturated carbocycles. The molecule has 0 radical (unpaired) electrons. The SMILES string of the molecule is COCCNC(=O)c1ccc2c(c1)C(=O)N(c1cc(C)ccc1C)C2=O. The summed E-state index contributed by atoms with van der Waals surface area (Å²) in [5.41, 5.74) is 3.26. The predicted octanol–water partition coefficient (Wildman–Crippen LogP) is 2.48. The van der Waals surface area contributed by atoms with E-state index < -0.39 is 5.91 Å². The molecule has 26 heavy (non-hydrogen) atoms. The van der Waals surface area contributed by atoms with E-state index >= 15 is 0 Å². The number of nitrogens with one attached hydrogen (secondary N) is 1. The molecule has 0 fully saturated rings. The van der Waals surface area contributed by atoms with E-state index in [1.807, 2.05) is 32.0 Å². The lowest BCUT2D eigenvalue weighted by molar-refractivity contribution is 0.0921. The predicted molar refractivity (Wildman–Crippen MR) is 97.7 cm³/mol. The van der Waals surface area contributed by atoms with Crippen molar-refractivity contribution in [3.63, 3.8) is 0 Å². The molecule has 1 aliphatic heterocycles. The van der Waals surface area contributed by atoms with Crippen molar-refractivity contribution in [1.29, 1.82) is 0 Å². The zero-order valence-electron chi connectivity index (χ0n) is 15.0. The third kappa shape index (κ3) is 3.11. The van der Waals surface area contributed by atoms with Crippen LogP contribution < -0.4 is 10.2 Å². The minimum Gasteiger partial charge on any atom is -0.383 e. The van der Waals surface area contributed by atoms with E-state index in [9.17, 15) is 14.4 Å². The standard InChI is InChI=1S/C20H20N2O4/c1-12-4-5-13(2)17(10-12)22-19(24)15-7-6-14(11-16(15)20(22)25)18(23)21-8-9-26-3/h4-7,10-11H,8-9H2,1-3H3,(H,21,23). The van der Waals surface area contributed by atoms with Gasteiger partial charge < -0.3 is 10.1 Å². The van der Waals surface area contributed by atoms with E-state index in [-0.39, 0.29) is 17.4 Å². The van der Waals surface area contributed by atoms with E-state index in [0.29, 0.717) is 30.0 Å². The number of hydrogen-bond acceptors (Lipinski definition) is 4. The van der Waals surface area contributed by atoms with Crippen LogP contribution in [0.1, 0.15) is 42.2 Å². The number of fused-ring (bicyclic) bond motifs is 1. The van der Waals surface area contributed by atoms with Crippen molar-refractivity contribution in [2.75, 3.05) is 25.2 Å². The minimum atomic E-state index is -0.412. The summed E-state index contributed by atoms with van der Waals surface area (Å²) in [5, 5.41) is 2.70. The van der Waals surface area contributed by atoms with Crippen molar-refractivity contribution in [3.05, 3.63) is 64.2 Å². The van der Waals surface area contributed by atoms with Crippen LogP contribution in [-0.2, 0) is 4.74 Å². The van der Waals surface area contributed by atoms with E-state index in [2.05, 4.69) is 5.32 Å². The number of imide groups is 1. The fourth-order valence-corrected chi connectivity index (χ4v) is 2.93. The number of hydrogen-bond donors (Lipinski definition) is 1. The number of amides is 3. The summed E-state index contributed by atoms with van der Waals surface area (Å²) in [6, 6.07) is 10.2. The summed E-state index contributed by atoms with van der Waals surface area (Å²) in [6.07, 6.45) is 0. The van der Waals surface area contributed by atoms with Crippen molar-refractivity contribution in [1.82, 2.24) is 5.32 Å². The van der Waals surface area contributed by atoms with Gasteiger partial charge in [0.15, 0.2) is 0 Å². The smallest absolute Gasteiger partial charge is 0.266 e. The second kappa shape index (κ2) is 7.09. The normalized spacial score (nSPS) is 13.1. The van der Waals surface area contributed by atoms with Crippen LogP contribution in [0.15, 0.2) is 36.4 Å². The lowest BCUT2D eigenvalue weighted by Gasteiger charge is -2.17. The quantitative estimate of drug-likeness (QED) is 0.663. The molecule has 3 rings (SSSR count). The first-order valence-corrected chi connectivity index (χ1v) is 8.31. The number of ether oxygens (including phenoxy) is 1. The number of carbonyl (C=O) groups is 3. The average Bonchev–Trinajstić information content (AvgIpc) is 2.88. The van der Waals surface area contributed by atoms with Gasteiger partial charge in [-0.05, 0) is 49.2 Å². The van der Waals surface area contributed by atoms with Crippen LogP contribution in [0.3, 0.4) is 0 Å². The molecule has 3 amide bonds. The molecule has 1 aliphatic rings. The number of anilines is 1. The van der Waals surface area contributed by atoms with Gasteiger partial charge in [0.25, 0.3) is 17.7 Å². The number of aryl methyl sites for hydroxylation is 2. The van der Waals surface area contributed by atoms with Gasteiger partial charge in [0.2, 0.25) is 0 Å². The second-order valence-corrected chi connectivity index (χ2v) is 6.24. The van der Waals surface area contributed by atoms with Crippen LogP contribution >= 0.6 is 0 Å². The first-order chi connectivity index (χ1) is 12.4. The molecule has 0 unspecified atom stereocenters. The van der Waals surface area contributed by atoms with Gasteiger partial charge >= 0.3 is 0 Å². The van der Waals surface area contributed by atoms with Crippen molar-refractivity contribution in [2.45, 2.75) is 13.8 Å². The van der Waals surface area contributed by atoms with Gasteiger partial charge in [0.05, 0.1) is 23.4 Å². The zero-order chi connectivity index (χ0) is 18.8. The van der Waals surface area contributed by atoms with Crippen molar-refractivity contribution < 1.29 is 19.1 Å². The Balaban J connectivity index is 1.93. The maximum Gasteiger partial charge on any atom is 0.266 e. The van der Waals surface area contributed by atoms with Gasteiger partial charge in [0, 0.05) is 19.2 Å². The van der Waals surface area contributed by atoms with Gasteiger partial charge in [-0.15, -0.1) is 0 Å². The largest absolute Gasteiger partial charge is 0.383 e. The molecule has 6 heteroatoms. The minimum absolute atomic E-state index is 0.246. The third-order valence-corrected chi connectivity index (χ3v) is 4.35. The Morgan fingerprint density at radius 2 is 1.77 bits per heavy atom. The monoisotopic (exact) mass is 352 g/mol. The Morgan fingerprint density at radius 3 is 2.50 bits per heavy atom. The van der Waals surface area contributed by atoms with Gasteiger partial charge in [-0.2, -0.15) is 0 Å². The Morgan fingerprint density at radius 1 is 1.04 bits per heavy atom. The number of benzene rings is 2. The van der Waals surface area contributed by atoms with Gasteiger partial charge in [-0.3, -0.25) is 14.4 Å². The highest BCUT2D eigenvalue weighted by Gasteiger charge is 2.37. The molecule has 0 bridgehead atoms. The van der Waals surface area contributed by atoms with Crippen LogP contribution in [0.25, 0.3) is 0 Å². The van der Waals surface area contributed by atoms with Gasteiger partial charge in [-0.25, -0.2) is 4.90 Å². The molecule has 6 nitrogen and oxygen atoms in total. The molecule has 0 aliphatic carbocycles. The molecule has 1 heterocycles. The third-order valence-electron chi connectivity index (χ3n) is 4.35. The molecule has 0 atom stereocenters. The molecule has 2 aromatic rings. The molecule has 134 valence electrons. The molecule has 0 aromatic heterocycles. The number of carbonyl (C=O) groups excluding carboxylic acids is 3. The highest BCUT2D eigenvalue weighted by Crippen LogP contribution is 2.31. The first kappa shape index (κ1) is 17.8. The van der Waals surface area contributed by atoms with E-state index in [1.165, 1.54) is 17.0 Å². The van der Waals surface area contributed by atoms with Crippen molar-refractivity contribution >= 4 is 23.4 Å². The van der Waals surface area contributed by atoms with Crippen molar-refractivity contribution in [3.8, 4) is 0 Å².